The van der Waals surface area contributed by atoms with Crippen LogP contribution in [0.5, 0.6) is 0 Å². The molecule has 0 amide bonds. The Labute approximate surface area is 232 Å². The minimum atomic E-state index is -1.72. The Balaban J connectivity index is 1.68. The van der Waals surface area contributed by atoms with Crippen LogP contribution in [-0.4, -0.2) is 51.5 Å². The number of aliphatic hydroxyl groups is 2. The smallest absolute Gasteiger partial charge is 0.331 e. The van der Waals surface area contributed by atoms with E-state index in [1.165, 1.54) is 6.08 Å². The SMILES string of the molecule is C[C@H]1C[C@]2(OC(=O)/C=C/c3ccccc3)C(=O)/C(CO)=C\[C@@]3(C)C(C)(C)[C@@]3(C)CC[C@@]3(C)O[C@]3(C)[C@@]2(C)[C@H]1O. The first-order valence-electron chi connectivity index (χ1n) is 14.2. The predicted molar refractivity (Wildman–Crippen MR) is 149 cm³/mol. The fourth-order valence-electron chi connectivity index (χ4n) is 8.76. The summed E-state index contributed by atoms with van der Waals surface area (Å²) >= 11 is 0. The van der Waals surface area contributed by atoms with Crippen LogP contribution in [-0.2, 0) is 19.1 Å². The molecule has 4 aliphatic rings. The van der Waals surface area contributed by atoms with Gasteiger partial charge in [0.15, 0.2) is 5.60 Å². The fraction of sp³-hybridized carbons (Fsp3) is 0.636. The molecule has 5 rings (SSSR count). The van der Waals surface area contributed by atoms with Crippen molar-refractivity contribution in [2.24, 2.45) is 27.6 Å². The quantitative estimate of drug-likeness (QED) is 0.309. The van der Waals surface area contributed by atoms with Gasteiger partial charge >= 0.3 is 5.97 Å². The minimum absolute atomic E-state index is 0.115. The van der Waals surface area contributed by atoms with Crippen molar-refractivity contribution in [1.29, 1.82) is 0 Å². The zero-order chi connectivity index (χ0) is 28.9. The fourth-order valence-corrected chi connectivity index (χ4v) is 8.76. The van der Waals surface area contributed by atoms with Gasteiger partial charge in [0.25, 0.3) is 0 Å². The molecule has 8 atom stereocenters. The van der Waals surface area contributed by atoms with E-state index < -0.39 is 46.7 Å². The second-order valence-corrected chi connectivity index (χ2v) is 14.0. The third-order valence-electron chi connectivity index (χ3n) is 12.6. The molecular formula is C33H44O6. The number of hydrogen-bond acceptors (Lipinski definition) is 6. The molecule has 0 spiro atoms. The van der Waals surface area contributed by atoms with Crippen LogP contribution >= 0.6 is 0 Å². The van der Waals surface area contributed by atoms with Crippen LogP contribution < -0.4 is 0 Å². The van der Waals surface area contributed by atoms with E-state index in [1.54, 1.807) is 6.08 Å². The summed E-state index contributed by atoms with van der Waals surface area (Å²) in [5.41, 5.74) is -4.04. The van der Waals surface area contributed by atoms with Crippen molar-refractivity contribution < 1.29 is 29.3 Å². The molecule has 1 aromatic rings. The molecule has 2 saturated carbocycles. The van der Waals surface area contributed by atoms with Crippen molar-refractivity contribution in [2.75, 3.05) is 6.61 Å². The number of aliphatic hydroxyl groups excluding tert-OH is 2. The molecule has 1 saturated heterocycles. The number of ketones is 1. The van der Waals surface area contributed by atoms with E-state index in [2.05, 4.69) is 34.6 Å². The molecule has 0 radical (unpaired) electrons. The average Bonchev–Trinajstić information content (AvgIpc) is 3.54. The molecule has 2 N–H and O–H groups in total. The Hall–Kier alpha value is -2.28. The zero-order valence-corrected chi connectivity index (χ0v) is 24.6. The molecule has 0 aromatic heterocycles. The molecule has 6 nitrogen and oxygen atoms in total. The highest BCUT2D eigenvalue weighted by molar-refractivity contribution is 6.05. The summed E-state index contributed by atoms with van der Waals surface area (Å²) in [5.74, 6) is -1.44. The molecule has 0 unspecified atom stereocenters. The van der Waals surface area contributed by atoms with E-state index in [0.29, 0.717) is 0 Å². The largest absolute Gasteiger partial charge is 0.447 e. The highest BCUT2D eigenvalue weighted by Crippen LogP contribution is 2.82. The lowest BCUT2D eigenvalue weighted by molar-refractivity contribution is -0.186. The van der Waals surface area contributed by atoms with Gasteiger partial charge in [0, 0.05) is 18.1 Å². The Kier molecular flexibility index (Phi) is 6.07. The third-order valence-corrected chi connectivity index (χ3v) is 12.6. The number of rotatable bonds is 4. The Morgan fingerprint density at radius 3 is 2.33 bits per heavy atom. The molecule has 39 heavy (non-hydrogen) atoms. The number of hydrogen-bond donors (Lipinski definition) is 2. The molecule has 3 aliphatic carbocycles. The second-order valence-electron chi connectivity index (χ2n) is 14.0. The molecule has 3 fully saturated rings. The van der Waals surface area contributed by atoms with Crippen LogP contribution in [0.4, 0.5) is 0 Å². The van der Waals surface area contributed by atoms with Crippen LogP contribution in [0.15, 0.2) is 48.1 Å². The van der Waals surface area contributed by atoms with Crippen molar-refractivity contribution in [2.45, 2.75) is 97.6 Å². The molecule has 6 heteroatoms. The maximum atomic E-state index is 14.8. The summed E-state index contributed by atoms with van der Waals surface area (Å²) in [4.78, 5) is 28.2. The van der Waals surface area contributed by atoms with Crippen LogP contribution in [0, 0.1) is 27.6 Å². The lowest BCUT2D eigenvalue weighted by atomic mass is 9.59. The number of carbonyl (C=O) groups excluding carboxylic acids is 2. The van der Waals surface area contributed by atoms with Crippen LogP contribution in [0.25, 0.3) is 6.08 Å². The Bertz CT molecular complexity index is 1270. The normalized spacial score (nSPS) is 47.7. The lowest BCUT2D eigenvalue weighted by Gasteiger charge is -2.47. The number of benzene rings is 1. The van der Waals surface area contributed by atoms with Gasteiger partial charge in [0.05, 0.1) is 23.7 Å². The Morgan fingerprint density at radius 1 is 1.08 bits per heavy atom. The van der Waals surface area contributed by atoms with Crippen LogP contribution in [0.2, 0.25) is 0 Å². The van der Waals surface area contributed by atoms with Crippen molar-refractivity contribution in [3.05, 3.63) is 53.6 Å². The number of carbonyl (C=O) groups is 2. The first-order chi connectivity index (χ1) is 18.0. The van der Waals surface area contributed by atoms with Crippen molar-refractivity contribution in [1.82, 2.24) is 0 Å². The molecule has 1 aliphatic heterocycles. The van der Waals surface area contributed by atoms with E-state index in [0.717, 1.165) is 18.4 Å². The lowest BCUT2D eigenvalue weighted by Crippen LogP contribution is -2.63. The van der Waals surface area contributed by atoms with Crippen LogP contribution in [0.1, 0.15) is 80.2 Å². The highest BCUT2D eigenvalue weighted by atomic mass is 16.6. The van der Waals surface area contributed by atoms with E-state index in [-0.39, 0.29) is 34.2 Å². The number of fused-ring (bicyclic) bond motifs is 4. The van der Waals surface area contributed by atoms with Gasteiger partial charge in [-0.05, 0) is 67.4 Å². The van der Waals surface area contributed by atoms with E-state index in [9.17, 15) is 19.8 Å². The zero-order valence-electron chi connectivity index (χ0n) is 24.6. The maximum Gasteiger partial charge on any atom is 0.331 e. The number of Topliss-reactive ketones (excluding diaryl/α,β-unsaturated/α-hetero) is 1. The number of esters is 1. The van der Waals surface area contributed by atoms with Crippen LogP contribution in [0.3, 0.4) is 0 Å². The minimum Gasteiger partial charge on any atom is -0.447 e. The molecular weight excluding hydrogens is 492 g/mol. The summed E-state index contributed by atoms with van der Waals surface area (Å²) in [5, 5.41) is 22.4. The number of allylic oxidation sites excluding steroid dienone is 1. The van der Waals surface area contributed by atoms with Gasteiger partial charge in [-0.25, -0.2) is 4.79 Å². The van der Waals surface area contributed by atoms with Gasteiger partial charge in [-0.3, -0.25) is 4.79 Å². The summed E-state index contributed by atoms with van der Waals surface area (Å²) in [6.45, 7) is 16.0. The summed E-state index contributed by atoms with van der Waals surface area (Å²) < 4.78 is 12.8. The highest BCUT2D eigenvalue weighted by Gasteiger charge is 2.85. The molecule has 212 valence electrons. The van der Waals surface area contributed by atoms with Crippen molar-refractivity contribution in [3.63, 3.8) is 0 Å². The summed E-state index contributed by atoms with van der Waals surface area (Å²) in [7, 11) is 0. The predicted octanol–water partition coefficient (Wildman–Crippen LogP) is 5.27. The monoisotopic (exact) mass is 536 g/mol. The maximum absolute atomic E-state index is 14.8. The first kappa shape index (κ1) is 28.3. The van der Waals surface area contributed by atoms with Gasteiger partial charge in [0.1, 0.15) is 5.60 Å². The van der Waals surface area contributed by atoms with Crippen molar-refractivity contribution >= 4 is 17.8 Å². The summed E-state index contributed by atoms with van der Waals surface area (Å²) in [6, 6.07) is 9.39. The van der Waals surface area contributed by atoms with Gasteiger partial charge in [0.2, 0.25) is 5.78 Å². The standard InChI is InChI=1S/C33H44O6/c1-21-18-33(38-24(35)15-14-22-12-10-9-11-13-22)26(37)23(20-34)19-29(5)27(2,3)28(29,4)16-17-30(6)32(8,39-30)31(33,7)25(21)36/h9-15,19,21,25,34,36H,16-18,20H2,1-8H3/b15-14+,23-19-/t21-,25-,28+,29-,30+,31+,32-,33-/m0/s1. The van der Waals surface area contributed by atoms with E-state index in [4.69, 9.17) is 9.47 Å². The average molecular weight is 537 g/mol. The molecule has 1 heterocycles. The number of epoxide rings is 1. The van der Waals surface area contributed by atoms with Gasteiger partial charge < -0.3 is 19.7 Å². The Morgan fingerprint density at radius 2 is 1.72 bits per heavy atom. The van der Waals surface area contributed by atoms with Crippen molar-refractivity contribution in [3.8, 4) is 0 Å². The van der Waals surface area contributed by atoms with Gasteiger partial charge in [-0.2, -0.15) is 0 Å². The van der Waals surface area contributed by atoms with E-state index >= 15 is 0 Å². The topological polar surface area (TPSA) is 96.4 Å². The molecule has 1 aromatic carbocycles. The molecule has 0 bridgehead atoms. The summed E-state index contributed by atoms with van der Waals surface area (Å²) in [6.07, 6.45) is 5.70. The third kappa shape index (κ3) is 3.31. The van der Waals surface area contributed by atoms with Gasteiger partial charge in [-0.15, -0.1) is 0 Å². The second kappa shape index (κ2) is 8.37. The number of ether oxygens (including phenoxy) is 2. The van der Waals surface area contributed by atoms with Gasteiger partial charge in [-0.1, -0.05) is 71.0 Å². The first-order valence-corrected chi connectivity index (χ1v) is 14.2. The van der Waals surface area contributed by atoms with E-state index in [1.807, 2.05) is 57.2 Å².